The summed E-state index contributed by atoms with van der Waals surface area (Å²) in [7, 11) is 0. The molecule has 2 aromatic heterocycles. The number of benzene rings is 3. The highest BCUT2D eigenvalue weighted by molar-refractivity contribution is 7.07. The number of hydrogen-bond donors (Lipinski definition) is 1. The molecule has 45 heavy (non-hydrogen) atoms. The Morgan fingerprint density at radius 3 is 2.40 bits per heavy atom. The molecule has 6 rings (SSSR count). The second-order valence-corrected chi connectivity index (χ2v) is 12.0. The van der Waals surface area contributed by atoms with Gasteiger partial charge in [-0.1, -0.05) is 42.5 Å². The standard InChI is InChI=1S/C33H31F3N6O2S/c1-20-5-4-6-21(2)29(20)42-22(3)18-45-32(42)39-31(43)38-26-12-11-25(17-26)23-7-9-24(10-8-23)30-37-19-41(40-30)27-13-15-28(16-14-27)44-33(34,35)36/h4-10,13-16,18-19,25-26H,11-12,17H2,1-3H3,(H,38,43). The molecule has 5 aromatic rings. The summed E-state index contributed by atoms with van der Waals surface area (Å²) in [5, 5.41) is 9.61. The average Bonchev–Trinajstić information content (AvgIpc) is 3.75. The lowest BCUT2D eigenvalue weighted by Gasteiger charge is -2.14. The highest BCUT2D eigenvalue weighted by Gasteiger charge is 2.31. The van der Waals surface area contributed by atoms with Gasteiger partial charge in [0.2, 0.25) is 0 Å². The Kier molecular flexibility index (Phi) is 8.32. The lowest BCUT2D eigenvalue weighted by molar-refractivity contribution is -0.274. The summed E-state index contributed by atoms with van der Waals surface area (Å²) in [4.78, 5) is 22.5. The van der Waals surface area contributed by atoms with Gasteiger partial charge in [0.1, 0.15) is 12.1 Å². The molecule has 1 fully saturated rings. The van der Waals surface area contributed by atoms with Gasteiger partial charge in [-0.05, 0) is 86.9 Å². The van der Waals surface area contributed by atoms with Crippen LogP contribution in [0.25, 0.3) is 22.8 Å². The van der Waals surface area contributed by atoms with Crippen LogP contribution in [0.3, 0.4) is 0 Å². The van der Waals surface area contributed by atoms with E-state index in [0.29, 0.717) is 22.2 Å². The fraction of sp³-hybridized carbons (Fsp3) is 0.273. The fourth-order valence-corrected chi connectivity index (χ4v) is 6.69. The van der Waals surface area contributed by atoms with E-state index in [1.807, 2.05) is 30.5 Å². The number of ether oxygens (including phenoxy) is 1. The van der Waals surface area contributed by atoms with E-state index in [4.69, 9.17) is 0 Å². The first-order chi connectivity index (χ1) is 21.5. The topological polar surface area (TPSA) is 86.3 Å². The van der Waals surface area contributed by atoms with Crippen molar-refractivity contribution in [1.29, 1.82) is 0 Å². The molecule has 3 aromatic carbocycles. The van der Waals surface area contributed by atoms with Crippen LogP contribution >= 0.6 is 11.3 Å². The van der Waals surface area contributed by atoms with Crippen LogP contribution in [0.2, 0.25) is 0 Å². The van der Waals surface area contributed by atoms with Crippen LogP contribution in [-0.2, 0) is 0 Å². The minimum absolute atomic E-state index is 0.0333. The van der Waals surface area contributed by atoms with Gasteiger partial charge in [-0.25, -0.2) is 14.5 Å². The summed E-state index contributed by atoms with van der Waals surface area (Å²) in [6, 6.07) is 19.3. The SMILES string of the molecule is Cc1cccc(C)c1-n1c(C)csc1=NC(=O)NC1CCC(c2ccc(-c3ncn(-c4ccc(OC(F)(F)F)cc4)n3)cc2)C1. The predicted molar refractivity (Wildman–Crippen MR) is 166 cm³/mol. The quantitative estimate of drug-likeness (QED) is 0.209. The summed E-state index contributed by atoms with van der Waals surface area (Å²) in [6.07, 6.45) is -0.592. The highest BCUT2D eigenvalue weighted by atomic mass is 32.1. The summed E-state index contributed by atoms with van der Waals surface area (Å²) in [5.74, 6) is 0.498. The molecule has 2 heterocycles. The number of nitrogens with zero attached hydrogens (tertiary/aromatic N) is 5. The molecular weight excluding hydrogens is 601 g/mol. The lowest BCUT2D eigenvalue weighted by Crippen LogP contribution is -2.32. The second-order valence-electron chi connectivity index (χ2n) is 11.2. The molecule has 1 N–H and O–H groups in total. The summed E-state index contributed by atoms with van der Waals surface area (Å²) in [6.45, 7) is 6.15. The molecule has 12 heteroatoms. The van der Waals surface area contributed by atoms with Crippen LogP contribution < -0.4 is 14.9 Å². The third-order valence-corrected chi connectivity index (χ3v) is 8.91. The zero-order valence-corrected chi connectivity index (χ0v) is 25.7. The number of alkyl halides is 3. The smallest absolute Gasteiger partial charge is 0.406 e. The summed E-state index contributed by atoms with van der Waals surface area (Å²) < 4.78 is 44.8. The normalized spacial score (nSPS) is 17.1. The molecule has 0 spiro atoms. The first-order valence-electron chi connectivity index (χ1n) is 14.5. The number of amides is 2. The van der Waals surface area contributed by atoms with Crippen LogP contribution in [0.1, 0.15) is 47.6 Å². The van der Waals surface area contributed by atoms with Crippen LogP contribution in [0.4, 0.5) is 18.0 Å². The van der Waals surface area contributed by atoms with Crippen molar-refractivity contribution in [2.75, 3.05) is 0 Å². The van der Waals surface area contributed by atoms with Crippen LogP contribution in [-0.4, -0.2) is 37.8 Å². The van der Waals surface area contributed by atoms with Gasteiger partial charge in [-0.15, -0.1) is 29.6 Å². The molecule has 2 unspecified atom stereocenters. The number of nitrogens with one attached hydrogen (secondary N) is 1. The van der Waals surface area contributed by atoms with E-state index in [-0.39, 0.29) is 17.8 Å². The highest BCUT2D eigenvalue weighted by Crippen LogP contribution is 2.35. The number of para-hydroxylation sites is 1. The number of aromatic nitrogens is 4. The molecule has 232 valence electrons. The van der Waals surface area contributed by atoms with Crippen molar-refractivity contribution in [3.05, 3.63) is 106 Å². The largest absolute Gasteiger partial charge is 0.573 e. The summed E-state index contributed by atoms with van der Waals surface area (Å²) in [5.41, 5.74) is 6.89. The second kappa shape index (κ2) is 12.4. The molecule has 8 nitrogen and oxygen atoms in total. The maximum Gasteiger partial charge on any atom is 0.573 e. The van der Waals surface area contributed by atoms with Crippen molar-refractivity contribution in [2.45, 2.75) is 58.4 Å². The van der Waals surface area contributed by atoms with Crippen LogP contribution in [0.15, 0.2) is 83.4 Å². The van der Waals surface area contributed by atoms with Gasteiger partial charge in [-0.3, -0.25) is 4.57 Å². The van der Waals surface area contributed by atoms with Crippen molar-refractivity contribution in [1.82, 2.24) is 24.6 Å². The number of aryl methyl sites for hydroxylation is 3. The molecule has 0 radical (unpaired) electrons. The molecule has 2 atom stereocenters. The van der Waals surface area contributed by atoms with Gasteiger partial charge in [-0.2, -0.15) is 4.99 Å². The van der Waals surface area contributed by atoms with Crippen molar-refractivity contribution < 1.29 is 22.7 Å². The number of hydrogen-bond acceptors (Lipinski definition) is 5. The van der Waals surface area contributed by atoms with Crippen molar-refractivity contribution in [3.8, 4) is 28.5 Å². The van der Waals surface area contributed by atoms with Crippen molar-refractivity contribution in [2.24, 2.45) is 4.99 Å². The Morgan fingerprint density at radius 1 is 1.00 bits per heavy atom. The lowest BCUT2D eigenvalue weighted by atomic mass is 9.96. The van der Waals surface area contributed by atoms with E-state index in [2.05, 4.69) is 67.8 Å². The third-order valence-electron chi connectivity index (χ3n) is 7.97. The van der Waals surface area contributed by atoms with Gasteiger partial charge in [0.25, 0.3) is 0 Å². The van der Waals surface area contributed by atoms with E-state index >= 15 is 0 Å². The first-order valence-corrected chi connectivity index (χ1v) is 15.4. The van der Waals surface area contributed by atoms with E-state index < -0.39 is 6.36 Å². The average molecular weight is 633 g/mol. The van der Waals surface area contributed by atoms with Gasteiger partial charge in [0.05, 0.1) is 11.4 Å². The van der Waals surface area contributed by atoms with Gasteiger partial charge in [0, 0.05) is 22.7 Å². The van der Waals surface area contributed by atoms with E-state index in [1.54, 1.807) is 0 Å². The zero-order chi connectivity index (χ0) is 31.7. The first kappa shape index (κ1) is 30.3. The Hall–Kier alpha value is -4.71. The zero-order valence-electron chi connectivity index (χ0n) is 24.9. The van der Waals surface area contributed by atoms with Gasteiger partial charge in [0.15, 0.2) is 10.6 Å². The molecule has 0 aliphatic heterocycles. The number of carbonyl (C=O) groups is 1. The molecule has 0 saturated heterocycles. The Labute approximate surface area is 261 Å². The predicted octanol–water partition coefficient (Wildman–Crippen LogP) is 7.56. The van der Waals surface area contributed by atoms with E-state index in [9.17, 15) is 18.0 Å². The third kappa shape index (κ3) is 6.85. The van der Waals surface area contributed by atoms with Crippen LogP contribution in [0.5, 0.6) is 5.75 Å². The minimum atomic E-state index is -4.74. The molecule has 0 bridgehead atoms. The number of thiazole rings is 1. The maximum absolute atomic E-state index is 13.0. The molecule has 1 saturated carbocycles. The van der Waals surface area contributed by atoms with Crippen molar-refractivity contribution >= 4 is 17.4 Å². The van der Waals surface area contributed by atoms with Crippen molar-refractivity contribution in [3.63, 3.8) is 0 Å². The molecule has 1 aliphatic rings. The maximum atomic E-state index is 13.0. The number of carbonyl (C=O) groups excluding carboxylic acids is 1. The van der Waals surface area contributed by atoms with Crippen LogP contribution in [0, 0.1) is 20.8 Å². The minimum Gasteiger partial charge on any atom is -0.406 e. The molecule has 2 amide bonds. The fourth-order valence-electron chi connectivity index (χ4n) is 5.83. The Bertz CT molecular complexity index is 1870. The molecule has 1 aliphatic carbocycles. The summed E-state index contributed by atoms with van der Waals surface area (Å²) >= 11 is 1.46. The monoisotopic (exact) mass is 632 g/mol. The number of rotatable bonds is 6. The number of urea groups is 1. The van der Waals surface area contributed by atoms with E-state index in [0.717, 1.165) is 47.3 Å². The van der Waals surface area contributed by atoms with Gasteiger partial charge < -0.3 is 10.1 Å². The number of halogens is 3. The Morgan fingerprint density at radius 2 is 1.71 bits per heavy atom. The van der Waals surface area contributed by atoms with Gasteiger partial charge >= 0.3 is 12.4 Å². The Balaban J connectivity index is 1.09. The molecular formula is C33H31F3N6O2S. The van der Waals surface area contributed by atoms with E-state index in [1.165, 1.54) is 52.2 Å².